The van der Waals surface area contributed by atoms with Crippen LogP contribution in [0.1, 0.15) is 31.2 Å². The number of H-pyrrole nitrogens is 1. The Morgan fingerprint density at radius 2 is 2.19 bits per heavy atom. The van der Waals surface area contributed by atoms with Gasteiger partial charge in [-0.15, -0.1) is 0 Å². The van der Waals surface area contributed by atoms with Crippen molar-refractivity contribution < 1.29 is 14.3 Å². The summed E-state index contributed by atoms with van der Waals surface area (Å²) in [6.45, 7) is 2.72. The second-order valence-corrected chi connectivity index (χ2v) is 4.58. The van der Waals surface area contributed by atoms with Crippen LogP contribution in [0, 0.1) is 0 Å². The van der Waals surface area contributed by atoms with Crippen LogP contribution in [0.4, 0.5) is 0 Å². The van der Waals surface area contributed by atoms with Crippen LogP contribution in [0.15, 0.2) is 36.7 Å². The Balaban J connectivity index is 1.84. The maximum atomic E-state index is 11.2. The van der Waals surface area contributed by atoms with E-state index in [0.29, 0.717) is 32.5 Å². The average Bonchev–Trinajstić information content (AvgIpc) is 2.98. The van der Waals surface area contributed by atoms with Crippen molar-refractivity contribution in [1.29, 1.82) is 0 Å². The molecular weight excluding hydrogens is 268 g/mol. The van der Waals surface area contributed by atoms with E-state index in [1.165, 1.54) is 0 Å². The summed E-state index contributed by atoms with van der Waals surface area (Å²) >= 11 is 0. The van der Waals surface area contributed by atoms with Crippen LogP contribution in [-0.2, 0) is 16.0 Å². The largest absolute Gasteiger partial charge is 0.493 e. The molecule has 2 rings (SSSR count). The number of nitrogens with one attached hydrogen (secondary N) is 1. The van der Waals surface area contributed by atoms with E-state index >= 15 is 0 Å². The zero-order valence-electron chi connectivity index (χ0n) is 12.2. The lowest BCUT2D eigenvalue weighted by molar-refractivity contribution is -0.143. The number of benzene rings is 1. The van der Waals surface area contributed by atoms with E-state index in [0.717, 1.165) is 17.1 Å². The van der Waals surface area contributed by atoms with Crippen LogP contribution in [0.25, 0.3) is 0 Å². The molecule has 0 bridgehead atoms. The summed E-state index contributed by atoms with van der Waals surface area (Å²) in [5.41, 5.74) is 1.07. The van der Waals surface area contributed by atoms with Crippen molar-refractivity contribution in [3.63, 3.8) is 0 Å². The second-order valence-electron chi connectivity index (χ2n) is 4.58. The van der Waals surface area contributed by atoms with Gasteiger partial charge in [0, 0.05) is 30.8 Å². The summed E-state index contributed by atoms with van der Waals surface area (Å²) in [6.07, 6.45) is 5.26. The Bertz CT molecular complexity index is 552. The zero-order valence-corrected chi connectivity index (χ0v) is 12.2. The number of esters is 1. The van der Waals surface area contributed by atoms with Crippen LogP contribution in [0.2, 0.25) is 0 Å². The lowest BCUT2D eigenvalue weighted by Crippen LogP contribution is -2.07. The second kappa shape index (κ2) is 8.09. The number of carbonyl (C=O) groups excluding carboxylic acids is 1. The molecule has 0 aliphatic rings. The van der Waals surface area contributed by atoms with Gasteiger partial charge in [0.25, 0.3) is 0 Å². The fourth-order valence-electron chi connectivity index (χ4n) is 2.00. The van der Waals surface area contributed by atoms with Gasteiger partial charge in [-0.05, 0) is 19.4 Å². The molecule has 2 aromatic rings. The highest BCUT2D eigenvalue weighted by molar-refractivity contribution is 5.69. The van der Waals surface area contributed by atoms with E-state index in [1.807, 2.05) is 24.3 Å². The molecule has 0 radical (unpaired) electrons. The van der Waals surface area contributed by atoms with E-state index in [1.54, 1.807) is 19.3 Å². The number of hydrogen-bond donors (Lipinski definition) is 1. The molecule has 112 valence electrons. The van der Waals surface area contributed by atoms with Crippen molar-refractivity contribution in [2.24, 2.45) is 0 Å². The van der Waals surface area contributed by atoms with Gasteiger partial charge >= 0.3 is 5.97 Å². The molecule has 21 heavy (non-hydrogen) atoms. The number of aromatic nitrogens is 2. The average molecular weight is 288 g/mol. The first-order valence-electron chi connectivity index (χ1n) is 7.14. The summed E-state index contributed by atoms with van der Waals surface area (Å²) in [5.74, 6) is 1.56. The highest BCUT2D eigenvalue weighted by atomic mass is 16.5. The van der Waals surface area contributed by atoms with Gasteiger partial charge in [0.1, 0.15) is 11.6 Å². The fraction of sp³-hybridized carbons (Fsp3) is 0.375. The van der Waals surface area contributed by atoms with E-state index in [4.69, 9.17) is 9.47 Å². The highest BCUT2D eigenvalue weighted by Gasteiger charge is 2.06. The van der Waals surface area contributed by atoms with Gasteiger partial charge in [0.15, 0.2) is 0 Å². The summed E-state index contributed by atoms with van der Waals surface area (Å²) in [4.78, 5) is 18.5. The predicted molar refractivity (Wildman–Crippen MR) is 79.2 cm³/mol. The monoisotopic (exact) mass is 288 g/mol. The van der Waals surface area contributed by atoms with Crippen molar-refractivity contribution in [1.82, 2.24) is 9.97 Å². The lowest BCUT2D eigenvalue weighted by Gasteiger charge is -2.10. The van der Waals surface area contributed by atoms with Gasteiger partial charge < -0.3 is 14.5 Å². The van der Waals surface area contributed by atoms with Crippen LogP contribution >= 0.6 is 0 Å². The number of para-hydroxylation sites is 1. The molecule has 0 unspecified atom stereocenters. The standard InChI is InChI=1S/C16H20N2O3/c1-2-20-16(19)8-5-11-21-14-7-4-3-6-13(14)12-15-17-9-10-18-15/h3-4,6-7,9-10H,2,5,8,11-12H2,1H3,(H,17,18). The third-order valence-corrected chi connectivity index (χ3v) is 2.97. The number of rotatable bonds is 8. The maximum absolute atomic E-state index is 11.2. The summed E-state index contributed by atoms with van der Waals surface area (Å²) in [6, 6.07) is 7.86. The molecule has 0 saturated heterocycles. The van der Waals surface area contributed by atoms with Crippen LogP contribution in [-0.4, -0.2) is 29.2 Å². The van der Waals surface area contributed by atoms with Crippen LogP contribution in [0.3, 0.4) is 0 Å². The van der Waals surface area contributed by atoms with E-state index < -0.39 is 0 Å². The van der Waals surface area contributed by atoms with Crippen molar-refractivity contribution in [3.05, 3.63) is 48.0 Å². The number of carbonyl (C=O) groups is 1. The topological polar surface area (TPSA) is 64.2 Å². The number of hydrogen-bond acceptors (Lipinski definition) is 4. The molecule has 1 N–H and O–H groups in total. The smallest absolute Gasteiger partial charge is 0.305 e. The first kappa shape index (κ1) is 15.1. The molecule has 0 fully saturated rings. The first-order valence-corrected chi connectivity index (χ1v) is 7.14. The van der Waals surface area contributed by atoms with E-state index in [2.05, 4.69) is 9.97 Å². The molecule has 1 aromatic heterocycles. The maximum Gasteiger partial charge on any atom is 0.305 e. The molecule has 0 aliphatic heterocycles. The zero-order chi connectivity index (χ0) is 14.9. The van der Waals surface area contributed by atoms with Gasteiger partial charge in [-0.3, -0.25) is 4.79 Å². The lowest BCUT2D eigenvalue weighted by atomic mass is 10.1. The van der Waals surface area contributed by atoms with Gasteiger partial charge in [-0.25, -0.2) is 4.98 Å². The van der Waals surface area contributed by atoms with Crippen molar-refractivity contribution in [2.45, 2.75) is 26.2 Å². The van der Waals surface area contributed by atoms with Crippen molar-refractivity contribution >= 4 is 5.97 Å². The Morgan fingerprint density at radius 1 is 1.33 bits per heavy atom. The Hall–Kier alpha value is -2.30. The van der Waals surface area contributed by atoms with Gasteiger partial charge in [-0.2, -0.15) is 0 Å². The van der Waals surface area contributed by atoms with Gasteiger partial charge in [0.2, 0.25) is 0 Å². The quantitative estimate of drug-likeness (QED) is 0.599. The number of aromatic amines is 1. The summed E-state index contributed by atoms with van der Waals surface area (Å²) < 4.78 is 10.6. The van der Waals surface area contributed by atoms with Crippen LogP contribution in [0.5, 0.6) is 5.75 Å². The Morgan fingerprint density at radius 3 is 2.95 bits per heavy atom. The molecule has 1 heterocycles. The molecule has 1 aromatic carbocycles. The minimum atomic E-state index is -0.176. The third kappa shape index (κ3) is 4.95. The van der Waals surface area contributed by atoms with E-state index in [9.17, 15) is 4.79 Å². The molecule has 0 saturated carbocycles. The van der Waals surface area contributed by atoms with Crippen molar-refractivity contribution in [3.8, 4) is 5.75 Å². The van der Waals surface area contributed by atoms with Crippen LogP contribution < -0.4 is 4.74 Å². The normalized spacial score (nSPS) is 10.3. The molecule has 5 heteroatoms. The number of ether oxygens (including phenoxy) is 2. The first-order chi connectivity index (χ1) is 10.3. The predicted octanol–water partition coefficient (Wildman–Crippen LogP) is 2.72. The third-order valence-electron chi connectivity index (χ3n) is 2.97. The Labute approximate surface area is 124 Å². The molecule has 5 nitrogen and oxygen atoms in total. The van der Waals surface area contributed by atoms with Gasteiger partial charge in [0.05, 0.1) is 13.2 Å². The highest BCUT2D eigenvalue weighted by Crippen LogP contribution is 2.20. The molecule has 0 amide bonds. The summed E-state index contributed by atoms with van der Waals surface area (Å²) in [7, 11) is 0. The number of imidazole rings is 1. The Kier molecular flexibility index (Phi) is 5.82. The minimum Gasteiger partial charge on any atom is -0.493 e. The molecule has 0 spiro atoms. The minimum absolute atomic E-state index is 0.176. The molecular formula is C16H20N2O3. The number of nitrogens with zero attached hydrogens (tertiary/aromatic N) is 1. The van der Waals surface area contributed by atoms with Gasteiger partial charge in [-0.1, -0.05) is 18.2 Å². The fourth-order valence-corrected chi connectivity index (χ4v) is 2.00. The molecule has 0 aliphatic carbocycles. The van der Waals surface area contributed by atoms with E-state index in [-0.39, 0.29) is 5.97 Å². The SMILES string of the molecule is CCOC(=O)CCCOc1ccccc1Cc1ncc[nH]1. The molecule has 0 atom stereocenters. The summed E-state index contributed by atoms with van der Waals surface area (Å²) in [5, 5.41) is 0. The van der Waals surface area contributed by atoms with Crippen molar-refractivity contribution in [2.75, 3.05) is 13.2 Å².